The van der Waals surface area contributed by atoms with E-state index in [1.165, 1.54) is 24.5 Å². The zero-order chi connectivity index (χ0) is 27.3. The van der Waals surface area contributed by atoms with Crippen molar-refractivity contribution < 1.29 is 37.3 Å². The van der Waals surface area contributed by atoms with Crippen LogP contribution in [0.2, 0.25) is 0 Å². The summed E-state index contributed by atoms with van der Waals surface area (Å²) in [4.78, 5) is 31.5. The number of carbonyl (C=O) groups is 2. The number of rotatable bonds is 9. The number of ether oxygens (including phenoxy) is 2. The Kier molecular flexibility index (Phi) is 7.99. The predicted molar refractivity (Wildman–Crippen MR) is 134 cm³/mol. The van der Waals surface area contributed by atoms with Crippen molar-refractivity contribution in [3.05, 3.63) is 89.8 Å². The summed E-state index contributed by atoms with van der Waals surface area (Å²) < 4.78 is 47.3. The molecule has 1 amide bonds. The van der Waals surface area contributed by atoms with Crippen molar-refractivity contribution in [1.82, 2.24) is 4.98 Å². The summed E-state index contributed by atoms with van der Waals surface area (Å²) in [5.41, 5.74) is 0.701. The molecule has 2 heterocycles. The van der Waals surface area contributed by atoms with Gasteiger partial charge in [0.2, 0.25) is 0 Å². The summed E-state index contributed by atoms with van der Waals surface area (Å²) in [5, 5.41) is 11.2. The smallest absolute Gasteiger partial charge is 0.507 e. The topological polar surface area (TPSA) is 89.0 Å². The number of benzene rings is 2. The lowest BCUT2D eigenvalue weighted by Gasteiger charge is -2.25. The third-order valence-electron chi connectivity index (χ3n) is 5.94. The summed E-state index contributed by atoms with van der Waals surface area (Å²) in [6.07, 6.45) is 1.11. The third kappa shape index (κ3) is 5.96. The van der Waals surface area contributed by atoms with E-state index in [1.807, 2.05) is 0 Å². The molecule has 0 bridgehead atoms. The molecule has 1 aliphatic rings. The van der Waals surface area contributed by atoms with Crippen LogP contribution >= 0.6 is 0 Å². The van der Waals surface area contributed by atoms with Gasteiger partial charge in [0.1, 0.15) is 17.3 Å². The average molecular weight is 527 g/mol. The first-order valence-electron chi connectivity index (χ1n) is 12.0. The molecule has 3 aromatic rings. The van der Waals surface area contributed by atoms with Gasteiger partial charge in [0.25, 0.3) is 11.7 Å². The molecule has 1 aromatic heterocycles. The van der Waals surface area contributed by atoms with Crippen LogP contribution < -0.4 is 14.4 Å². The Hall–Kier alpha value is -4.34. The van der Waals surface area contributed by atoms with Crippen molar-refractivity contribution in [3.63, 3.8) is 0 Å². The molecule has 198 valence electrons. The number of pyridine rings is 1. The lowest BCUT2D eigenvalue weighted by atomic mass is 9.96. The van der Waals surface area contributed by atoms with Crippen LogP contribution in [0.4, 0.5) is 18.9 Å². The van der Waals surface area contributed by atoms with Gasteiger partial charge in [-0.1, -0.05) is 25.8 Å². The maximum Gasteiger partial charge on any atom is 0.573 e. The summed E-state index contributed by atoms with van der Waals surface area (Å²) in [5.74, 6) is -2.15. The van der Waals surface area contributed by atoms with E-state index in [4.69, 9.17) is 4.74 Å². The standard InChI is InChI=1S/C28H25F3N2O5/c1-2-3-4-16-37-21-11-7-18(8-12-21)25(34)23-24(19-6-5-15-32-17-19)33(27(36)26(23)35)20-9-13-22(14-10-20)38-28(29,30)31/h5-15,17,24,34H,2-4,16H2,1H3/b25-23-. The number of amides is 1. The third-order valence-corrected chi connectivity index (χ3v) is 5.94. The Balaban J connectivity index is 1.70. The van der Waals surface area contributed by atoms with Crippen molar-refractivity contribution >= 4 is 23.1 Å². The molecule has 10 heteroatoms. The predicted octanol–water partition coefficient (Wildman–Crippen LogP) is 6.18. The maximum absolute atomic E-state index is 13.2. The highest BCUT2D eigenvalue weighted by atomic mass is 19.4. The summed E-state index contributed by atoms with van der Waals surface area (Å²) >= 11 is 0. The lowest BCUT2D eigenvalue weighted by Crippen LogP contribution is -2.29. The van der Waals surface area contributed by atoms with Gasteiger partial charge in [-0.25, -0.2) is 0 Å². The molecular formula is C28H25F3N2O5. The Bertz CT molecular complexity index is 1310. The van der Waals surface area contributed by atoms with Gasteiger partial charge in [0.05, 0.1) is 18.2 Å². The molecule has 4 rings (SSSR count). The first-order valence-corrected chi connectivity index (χ1v) is 12.0. The molecule has 1 N–H and O–H groups in total. The molecule has 1 atom stereocenters. The second kappa shape index (κ2) is 11.4. The number of ketones is 1. The van der Waals surface area contributed by atoms with E-state index in [-0.39, 0.29) is 11.3 Å². The first kappa shape index (κ1) is 26.7. The fraction of sp³-hybridized carbons (Fsp3) is 0.250. The molecule has 0 radical (unpaired) electrons. The SMILES string of the molecule is CCCCCOc1ccc(/C(O)=C2/C(=O)C(=O)N(c3ccc(OC(F)(F)F)cc3)C2c2cccnc2)cc1. The van der Waals surface area contributed by atoms with Gasteiger partial charge in [-0.05, 0) is 66.6 Å². The lowest BCUT2D eigenvalue weighted by molar-refractivity contribution is -0.274. The molecule has 0 aliphatic carbocycles. The maximum atomic E-state index is 13.2. The molecule has 7 nitrogen and oxygen atoms in total. The molecule has 1 aliphatic heterocycles. The van der Waals surface area contributed by atoms with Gasteiger partial charge < -0.3 is 14.6 Å². The molecule has 1 fully saturated rings. The second-order valence-corrected chi connectivity index (χ2v) is 8.58. The van der Waals surface area contributed by atoms with Gasteiger partial charge in [-0.3, -0.25) is 19.5 Å². The van der Waals surface area contributed by atoms with Crippen molar-refractivity contribution in [2.75, 3.05) is 11.5 Å². The van der Waals surface area contributed by atoms with E-state index in [2.05, 4.69) is 16.6 Å². The van der Waals surface area contributed by atoms with Gasteiger partial charge in [-0.15, -0.1) is 13.2 Å². The second-order valence-electron chi connectivity index (χ2n) is 8.58. The number of halogens is 3. The number of aromatic nitrogens is 1. The number of carbonyl (C=O) groups excluding carboxylic acids is 2. The van der Waals surface area contributed by atoms with E-state index >= 15 is 0 Å². The van der Waals surface area contributed by atoms with Gasteiger partial charge in [0, 0.05) is 23.6 Å². The van der Waals surface area contributed by atoms with Crippen LogP contribution in [0.25, 0.3) is 5.76 Å². The fourth-order valence-corrected chi connectivity index (χ4v) is 4.17. The minimum Gasteiger partial charge on any atom is -0.507 e. The summed E-state index contributed by atoms with van der Waals surface area (Å²) in [7, 11) is 0. The highest BCUT2D eigenvalue weighted by molar-refractivity contribution is 6.51. The number of Topliss-reactive ketones (excluding diaryl/α,β-unsaturated/α-hetero) is 1. The average Bonchev–Trinajstić information content (AvgIpc) is 3.17. The van der Waals surface area contributed by atoms with E-state index in [0.29, 0.717) is 23.5 Å². The molecule has 0 spiro atoms. The van der Waals surface area contributed by atoms with Crippen molar-refractivity contribution in [2.45, 2.75) is 38.6 Å². The van der Waals surface area contributed by atoms with Crippen LogP contribution in [0, 0.1) is 0 Å². The van der Waals surface area contributed by atoms with Crippen LogP contribution in [0.15, 0.2) is 78.6 Å². The number of nitrogens with zero attached hydrogens (tertiary/aromatic N) is 2. The zero-order valence-electron chi connectivity index (χ0n) is 20.4. The van der Waals surface area contributed by atoms with Crippen LogP contribution in [-0.4, -0.2) is 34.8 Å². The molecule has 2 aromatic carbocycles. The number of hydrogen-bond donors (Lipinski definition) is 1. The number of alkyl halides is 3. The van der Waals surface area contributed by atoms with Crippen molar-refractivity contribution in [3.8, 4) is 11.5 Å². The molecule has 0 saturated carbocycles. The normalized spacial score (nSPS) is 17.1. The largest absolute Gasteiger partial charge is 0.573 e. The highest BCUT2D eigenvalue weighted by Crippen LogP contribution is 2.42. The minimum atomic E-state index is -4.88. The molecule has 38 heavy (non-hydrogen) atoms. The van der Waals surface area contributed by atoms with E-state index in [9.17, 15) is 27.9 Å². The molecule has 1 unspecified atom stereocenters. The quantitative estimate of drug-likeness (QED) is 0.155. The summed E-state index contributed by atoms with van der Waals surface area (Å²) in [6, 6.07) is 13.2. The number of anilines is 1. The van der Waals surface area contributed by atoms with E-state index in [1.54, 1.807) is 36.4 Å². The Morgan fingerprint density at radius 1 is 1.00 bits per heavy atom. The van der Waals surface area contributed by atoms with Crippen LogP contribution in [-0.2, 0) is 9.59 Å². The van der Waals surface area contributed by atoms with E-state index in [0.717, 1.165) is 36.3 Å². The number of aliphatic hydroxyl groups is 1. The Labute approximate surface area is 217 Å². The Morgan fingerprint density at radius 3 is 2.29 bits per heavy atom. The number of hydrogen-bond acceptors (Lipinski definition) is 6. The highest BCUT2D eigenvalue weighted by Gasteiger charge is 2.47. The number of aliphatic hydroxyl groups excluding tert-OH is 1. The Morgan fingerprint density at radius 2 is 1.68 bits per heavy atom. The van der Waals surface area contributed by atoms with Crippen molar-refractivity contribution in [2.24, 2.45) is 0 Å². The van der Waals surface area contributed by atoms with E-state index < -0.39 is 35.6 Å². The zero-order valence-corrected chi connectivity index (χ0v) is 20.4. The minimum absolute atomic E-state index is 0.144. The van der Waals surface area contributed by atoms with Gasteiger partial charge in [0.15, 0.2) is 0 Å². The van der Waals surface area contributed by atoms with Gasteiger partial charge >= 0.3 is 6.36 Å². The van der Waals surface area contributed by atoms with Crippen LogP contribution in [0.1, 0.15) is 43.4 Å². The monoisotopic (exact) mass is 526 g/mol. The molecular weight excluding hydrogens is 501 g/mol. The number of unbranched alkanes of at least 4 members (excludes halogenated alkanes) is 2. The fourth-order valence-electron chi connectivity index (χ4n) is 4.17. The summed E-state index contributed by atoms with van der Waals surface area (Å²) in [6.45, 7) is 2.65. The molecule has 1 saturated heterocycles. The van der Waals surface area contributed by atoms with Crippen LogP contribution in [0.5, 0.6) is 11.5 Å². The van der Waals surface area contributed by atoms with Crippen molar-refractivity contribution in [1.29, 1.82) is 0 Å². The van der Waals surface area contributed by atoms with Crippen LogP contribution in [0.3, 0.4) is 0 Å². The first-order chi connectivity index (χ1) is 18.2. The van der Waals surface area contributed by atoms with Gasteiger partial charge in [-0.2, -0.15) is 0 Å².